The number of benzene rings is 3. The van der Waals surface area contributed by atoms with Gasteiger partial charge in [0.2, 0.25) is 5.91 Å². The molecule has 1 aliphatic carbocycles. The fourth-order valence-corrected chi connectivity index (χ4v) is 4.91. The molecular formula is C30H33BrN2O3. The molecule has 1 atom stereocenters. The molecule has 4 rings (SSSR count). The van der Waals surface area contributed by atoms with Crippen LogP contribution in [0.2, 0.25) is 0 Å². The van der Waals surface area contributed by atoms with Gasteiger partial charge in [-0.1, -0.05) is 89.4 Å². The molecule has 1 N–H and O–H groups in total. The summed E-state index contributed by atoms with van der Waals surface area (Å²) < 4.78 is 6.88. The molecule has 0 aliphatic heterocycles. The Balaban J connectivity index is 1.61. The molecular weight excluding hydrogens is 516 g/mol. The molecule has 0 saturated heterocycles. The molecule has 0 spiro atoms. The molecule has 3 aromatic carbocycles. The highest BCUT2D eigenvalue weighted by Gasteiger charge is 2.32. The maximum atomic E-state index is 13.7. The van der Waals surface area contributed by atoms with E-state index in [0.29, 0.717) is 18.7 Å². The lowest BCUT2D eigenvalue weighted by Gasteiger charge is -2.32. The van der Waals surface area contributed by atoms with Crippen molar-refractivity contribution >= 4 is 27.7 Å². The van der Waals surface area contributed by atoms with Crippen LogP contribution < -0.4 is 10.1 Å². The summed E-state index contributed by atoms with van der Waals surface area (Å²) in [5.41, 5.74) is 2.93. The average Bonchev–Trinajstić information content (AvgIpc) is 3.40. The third-order valence-corrected chi connectivity index (χ3v) is 7.21. The molecule has 0 bridgehead atoms. The van der Waals surface area contributed by atoms with E-state index in [-0.39, 0.29) is 24.5 Å². The van der Waals surface area contributed by atoms with Crippen molar-refractivity contribution in [2.75, 3.05) is 6.61 Å². The van der Waals surface area contributed by atoms with Crippen LogP contribution in [0.25, 0.3) is 0 Å². The van der Waals surface area contributed by atoms with Crippen molar-refractivity contribution in [3.8, 4) is 5.75 Å². The number of carbonyl (C=O) groups is 2. The van der Waals surface area contributed by atoms with E-state index in [1.165, 1.54) is 0 Å². The Kier molecular flexibility index (Phi) is 9.17. The van der Waals surface area contributed by atoms with Crippen molar-refractivity contribution in [2.24, 2.45) is 0 Å². The summed E-state index contributed by atoms with van der Waals surface area (Å²) in [4.78, 5) is 29.0. The maximum absolute atomic E-state index is 13.7. The quantitative estimate of drug-likeness (QED) is 0.346. The largest absolute Gasteiger partial charge is 0.484 e. The second-order valence-corrected chi connectivity index (χ2v) is 10.3. The van der Waals surface area contributed by atoms with E-state index in [4.69, 9.17) is 4.74 Å². The van der Waals surface area contributed by atoms with E-state index < -0.39 is 6.04 Å². The summed E-state index contributed by atoms with van der Waals surface area (Å²) in [6.07, 6.45) is 4.66. The number of ether oxygens (including phenoxy) is 1. The van der Waals surface area contributed by atoms with Gasteiger partial charge in [-0.15, -0.1) is 0 Å². The van der Waals surface area contributed by atoms with Crippen LogP contribution in [0, 0.1) is 6.92 Å². The van der Waals surface area contributed by atoms with E-state index in [9.17, 15) is 9.59 Å². The summed E-state index contributed by atoms with van der Waals surface area (Å²) in [5, 5.41) is 3.23. The van der Waals surface area contributed by atoms with Gasteiger partial charge in [-0.3, -0.25) is 9.59 Å². The molecule has 1 saturated carbocycles. The van der Waals surface area contributed by atoms with Gasteiger partial charge in [0, 0.05) is 23.5 Å². The molecule has 2 amide bonds. The van der Waals surface area contributed by atoms with Crippen LogP contribution in [-0.2, 0) is 22.6 Å². The number of aryl methyl sites for hydroxylation is 1. The van der Waals surface area contributed by atoms with E-state index in [1.807, 2.05) is 85.8 Å². The molecule has 3 aromatic rings. The Morgan fingerprint density at radius 3 is 2.31 bits per heavy atom. The second-order valence-electron chi connectivity index (χ2n) is 9.40. The van der Waals surface area contributed by atoms with Crippen LogP contribution in [-0.4, -0.2) is 35.4 Å². The lowest BCUT2D eigenvalue weighted by atomic mass is 10.0. The van der Waals surface area contributed by atoms with Gasteiger partial charge in [-0.05, 0) is 54.7 Å². The van der Waals surface area contributed by atoms with Crippen molar-refractivity contribution < 1.29 is 14.3 Å². The zero-order chi connectivity index (χ0) is 25.3. The molecule has 36 heavy (non-hydrogen) atoms. The Hall–Kier alpha value is -3.12. The highest BCUT2D eigenvalue weighted by Crippen LogP contribution is 2.21. The predicted octanol–water partition coefficient (Wildman–Crippen LogP) is 5.84. The van der Waals surface area contributed by atoms with Crippen molar-refractivity contribution in [2.45, 2.75) is 57.7 Å². The van der Waals surface area contributed by atoms with Gasteiger partial charge in [0.15, 0.2) is 6.61 Å². The fourth-order valence-electron chi connectivity index (χ4n) is 4.65. The molecule has 0 aromatic heterocycles. The highest BCUT2D eigenvalue weighted by atomic mass is 79.9. The van der Waals surface area contributed by atoms with E-state index in [0.717, 1.165) is 46.8 Å². The van der Waals surface area contributed by atoms with E-state index in [1.54, 1.807) is 4.90 Å². The van der Waals surface area contributed by atoms with Gasteiger partial charge in [0.05, 0.1) is 0 Å². The van der Waals surface area contributed by atoms with Crippen molar-refractivity contribution in [1.29, 1.82) is 0 Å². The van der Waals surface area contributed by atoms with Gasteiger partial charge in [0.25, 0.3) is 5.91 Å². The number of amides is 2. The van der Waals surface area contributed by atoms with Gasteiger partial charge < -0.3 is 15.0 Å². The monoisotopic (exact) mass is 548 g/mol. The number of nitrogens with one attached hydrogen (secondary N) is 1. The first kappa shape index (κ1) is 26.0. The first-order valence-electron chi connectivity index (χ1n) is 12.6. The van der Waals surface area contributed by atoms with E-state index in [2.05, 4.69) is 21.2 Å². The summed E-state index contributed by atoms with van der Waals surface area (Å²) >= 11 is 3.48. The van der Waals surface area contributed by atoms with Gasteiger partial charge in [-0.25, -0.2) is 0 Å². The zero-order valence-electron chi connectivity index (χ0n) is 20.7. The maximum Gasteiger partial charge on any atom is 0.261 e. The smallest absolute Gasteiger partial charge is 0.261 e. The fraction of sp³-hybridized carbons (Fsp3) is 0.333. The summed E-state index contributed by atoms with van der Waals surface area (Å²) in [7, 11) is 0. The minimum absolute atomic E-state index is 0.105. The minimum Gasteiger partial charge on any atom is -0.484 e. The topological polar surface area (TPSA) is 58.6 Å². The van der Waals surface area contributed by atoms with Crippen molar-refractivity contribution in [3.63, 3.8) is 0 Å². The second kappa shape index (κ2) is 12.7. The van der Waals surface area contributed by atoms with Gasteiger partial charge >= 0.3 is 0 Å². The minimum atomic E-state index is -0.649. The first-order chi connectivity index (χ1) is 17.5. The Labute approximate surface area is 222 Å². The SMILES string of the molecule is Cc1ccccc1OCC(=O)N(Cc1ccc(Br)cc1)C(Cc1ccccc1)C(=O)NC1CCCC1. The lowest BCUT2D eigenvalue weighted by Crippen LogP contribution is -2.53. The van der Waals surface area contributed by atoms with Crippen LogP contribution in [0.5, 0.6) is 5.75 Å². The number of rotatable bonds is 10. The normalized spacial score (nSPS) is 14.3. The van der Waals surface area contributed by atoms with Gasteiger partial charge in [0.1, 0.15) is 11.8 Å². The highest BCUT2D eigenvalue weighted by molar-refractivity contribution is 9.10. The van der Waals surface area contributed by atoms with Crippen LogP contribution in [0.3, 0.4) is 0 Å². The summed E-state index contributed by atoms with van der Waals surface area (Å²) in [5.74, 6) is 0.347. The molecule has 188 valence electrons. The van der Waals surface area contributed by atoms with Crippen LogP contribution in [0.1, 0.15) is 42.4 Å². The number of halogens is 1. The van der Waals surface area contributed by atoms with Crippen LogP contribution >= 0.6 is 15.9 Å². The zero-order valence-corrected chi connectivity index (χ0v) is 22.2. The third kappa shape index (κ3) is 7.20. The number of hydrogen-bond acceptors (Lipinski definition) is 3. The van der Waals surface area contributed by atoms with Crippen molar-refractivity contribution in [3.05, 3.63) is 100 Å². The van der Waals surface area contributed by atoms with Crippen LogP contribution in [0.4, 0.5) is 0 Å². The molecule has 0 radical (unpaired) electrons. The Bertz CT molecular complexity index is 1140. The lowest BCUT2D eigenvalue weighted by molar-refractivity contribution is -0.143. The average molecular weight is 550 g/mol. The van der Waals surface area contributed by atoms with Crippen molar-refractivity contribution in [1.82, 2.24) is 10.2 Å². The molecule has 1 unspecified atom stereocenters. The predicted molar refractivity (Wildman–Crippen MR) is 146 cm³/mol. The van der Waals surface area contributed by atoms with Crippen LogP contribution in [0.15, 0.2) is 83.3 Å². The van der Waals surface area contributed by atoms with Gasteiger partial charge in [-0.2, -0.15) is 0 Å². The Morgan fingerprint density at radius 2 is 1.61 bits per heavy atom. The molecule has 1 fully saturated rings. The number of hydrogen-bond donors (Lipinski definition) is 1. The molecule has 5 nitrogen and oxygen atoms in total. The standard InChI is InChI=1S/C30H33BrN2O3/c1-22-9-5-8-14-28(22)36-21-29(34)33(20-24-15-17-25(31)18-16-24)27(19-23-10-3-2-4-11-23)30(35)32-26-12-6-7-13-26/h2-5,8-11,14-18,26-27H,6-7,12-13,19-21H2,1H3,(H,32,35). The number of carbonyl (C=O) groups excluding carboxylic acids is 2. The van der Waals surface area contributed by atoms with E-state index >= 15 is 0 Å². The number of nitrogens with zero attached hydrogens (tertiary/aromatic N) is 1. The molecule has 6 heteroatoms. The number of para-hydroxylation sites is 1. The third-order valence-electron chi connectivity index (χ3n) is 6.68. The molecule has 0 heterocycles. The summed E-state index contributed by atoms with van der Waals surface area (Å²) in [6, 6.07) is 24.9. The summed E-state index contributed by atoms with van der Waals surface area (Å²) in [6.45, 7) is 2.13. The first-order valence-corrected chi connectivity index (χ1v) is 13.4. The molecule has 1 aliphatic rings. The Morgan fingerprint density at radius 1 is 0.944 bits per heavy atom.